The van der Waals surface area contributed by atoms with Crippen molar-refractivity contribution in [3.63, 3.8) is 0 Å². The summed E-state index contributed by atoms with van der Waals surface area (Å²) in [6.07, 6.45) is 0.805. The van der Waals surface area contributed by atoms with E-state index in [1.165, 1.54) is 0 Å². The number of nitrogens with one attached hydrogen (secondary N) is 1. The summed E-state index contributed by atoms with van der Waals surface area (Å²) in [4.78, 5) is 20.4. The molecular weight excluding hydrogens is 146 g/mol. The SMILES string of the molecule is CC(C)CCNC(=O)C(=O)O. The lowest BCUT2D eigenvalue weighted by Gasteiger charge is -2.03. The lowest BCUT2D eigenvalue weighted by molar-refractivity contribution is -0.150. The number of aliphatic carboxylic acids is 1. The Kier molecular flexibility index (Phi) is 4.26. The molecule has 0 bridgehead atoms. The van der Waals surface area contributed by atoms with Crippen molar-refractivity contribution in [2.75, 3.05) is 6.54 Å². The van der Waals surface area contributed by atoms with E-state index in [9.17, 15) is 9.59 Å². The Labute approximate surface area is 65.6 Å². The third-order valence-electron chi connectivity index (χ3n) is 1.20. The molecule has 4 nitrogen and oxygen atoms in total. The minimum atomic E-state index is -1.42. The molecule has 0 heterocycles. The highest BCUT2D eigenvalue weighted by Gasteiger charge is 2.08. The quantitative estimate of drug-likeness (QED) is 0.579. The third-order valence-corrected chi connectivity index (χ3v) is 1.20. The lowest BCUT2D eigenvalue weighted by atomic mass is 10.1. The lowest BCUT2D eigenvalue weighted by Crippen LogP contribution is -2.31. The van der Waals surface area contributed by atoms with Gasteiger partial charge in [-0.1, -0.05) is 13.8 Å². The molecule has 0 atom stereocenters. The summed E-state index contributed by atoms with van der Waals surface area (Å²) in [5.74, 6) is -1.87. The number of hydrogen-bond acceptors (Lipinski definition) is 2. The molecule has 11 heavy (non-hydrogen) atoms. The van der Waals surface area contributed by atoms with E-state index in [1.54, 1.807) is 0 Å². The number of carbonyl (C=O) groups excluding carboxylic acids is 1. The van der Waals surface area contributed by atoms with Crippen LogP contribution in [0.25, 0.3) is 0 Å². The molecule has 0 aliphatic rings. The first-order valence-corrected chi connectivity index (χ1v) is 3.55. The van der Waals surface area contributed by atoms with Gasteiger partial charge in [0.15, 0.2) is 0 Å². The van der Waals surface area contributed by atoms with Gasteiger partial charge >= 0.3 is 11.9 Å². The van der Waals surface area contributed by atoms with Gasteiger partial charge in [0.05, 0.1) is 0 Å². The van der Waals surface area contributed by atoms with E-state index in [0.717, 1.165) is 6.42 Å². The fourth-order valence-electron chi connectivity index (χ4n) is 0.550. The summed E-state index contributed by atoms with van der Waals surface area (Å²) in [6, 6.07) is 0. The molecule has 0 aromatic rings. The fraction of sp³-hybridized carbons (Fsp3) is 0.714. The number of carboxylic acid groups (broad SMARTS) is 1. The van der Waals surface area contributed by atoms with Gasteiger partial charge in [-0.25, -0.2) is 4.79 Å². The monoisotopic (exact) mass is 159 g/mol. The second-order valence-corrected chi connectivity index (χ2v) is 2.74. The van der Waals surface area contributed by atoms with Crippen LogP contribution in [0.15, 0.2) is 0 Å². The fourth-order valence-corrected chi connectivity index (χ4v) is 0.550. The van der Waals surface area contributed by atoms with Gasteiger partial charge in [0.1, 0.15) is 0 Å². The zero-order chi connectivity index (χ0) is 8.85. The second kappa shape index (κ2) is 4.71. The maximum Gasteiger partial charge on any atom is 0.394 e. The number of amides is 1. The van der Waals surface area contributed by atoms with Crippen molar-refractivity contribution in [2.24, 2.45) is 5.92 Å². The Balaban J connectivity index is 3.40. The third kappa shape index (κ3) is 5.39. The largest absolute Gasteiger partial charge is 0.474 e. The molecule has 0 saturated heterocycles. The summed E-state index contributed by atoms with van der Waals surface area (Å²) in [7, 11) is 0. The maximum absolute atomic E-state index is 10.4. The Bertz CT molecular complexity index is 154. The predicted octanol–water partition coefficient (Wildman–Crippen LogP) is 0.233. The highest BCUT2D eigenvalue weighted by Crippen LogP contribution is 1.95. The Morgan fingerprint density at radius 3 is 2.36 bits per heavy atom. The Morgan fingerprint density at radius 1 is 1.45 bits per heavy atom. The highest BCUT2D eigenvalue weighted by molar-refractivity contribution is 6.31. The van der Waals surface area contributed by atoms with Crippen molar-refractivity contribution in [3.05, 3.63) is 0 Å². The second-order valence-electron chi connectivity index (χ2n) is 2.74. The van der Waals surface area contributed by atoms with Crippen molar-refractivity contribution in [1.82, 2.24) is 5.32 Å². The molecule has 0 aromatic carbocycles. The molecule has 2 N–H and O–H groups in total. The Morgan fingerprint density at radius 2 is 2.00 bits per heavy atom. The van der Waals surface area contributed by atoms with Crippen LogP contribution < -0.4 is 5.32 Å². The molecular formula is C7H13NO3. The molecule has 1 amide bonds. The number of carboxylic acids is 1. The van der Waals surface area contributed by atoms with Crippen molar-refractivity contribution in [2.45, 2.75) is 20.3 Å². The van der Waals surface area contributed by atoms with E-state index in [4.69, 9.17) is 5.11 Å². The minimum Gasteiger partial charge on any atom is -0.474 e. The molecule has 0 aromatic heterocycles. The minimum absolute atomic E-state index is 0.433. The summed E-state index contributed by atoms with van der Waals surface area (Å²) < 4.78 is 0. The molecule has 64 valence electrons. The summed E-state index contributed by atoms with van der Waals surface area (Å²) >= 11 is 0. The van der Waals surface area contributed by atoms with Crippen LogP contribution in [0.2, 0.25) is 0 Å². The summed E-state index contributed by atoms with van der Waals surface area (Å²) in [6.45, 7) is 4.45. The van der Waals surface area contributed by atoms with Gasteiger partial charge in [0.25, 0.3) is 0 Å². The molecule has 0 spiro atoms. The molecule has 0 rings (SSSR count). The predicted molar refractivity (Wildman–Crippen MR) is 40.1 cm³/mol. The average Bonchev–Trinajstić information content (AvgIpc) is 1.86. The van der Waals surface area contributed by atoms with E-state index in [1.807, 2.05) is 13.8 Å². The van der Waals surface area contributed by atoms with E-state index in [0.29, 0.717) is 12.5 Å². The average molecular weight is 159 g/mol. The van der Waals surface area contributed by atoms with E-state index >= 15 is 0 Å². The van der Waals surface area contributed by atoms with E-state index in [2.05, 4.69) is 5.32 Å². The van der Waals surface area contributed by atoms with Crippen molar-refractivity contribution >= 4 is 11.9 Å². The summed E-state index contributed by atoms with van der Waals surface area (Å²) in [5.41, 5.74) is 0. The first-order chi connectivity index (χ1) is 5.04. The van der Waals surface area contributed by atoms with Crippen LogP contribution in [0.5, 0.6) is 0 Å². The first-order valence-electron chi connectivity index (χ1n) is 3.55. The number of rotatable bonds is 3. The Hall–Kier alpha value is -1.06. The summed E-state index contributed by atoms with van der Waals surface area (Å²) in [5, 5.41) is 10.4. The standard InChI is InChI=1S/C7H13NO3/c1-5(2)3-4-8-6(9)7(10)11/h5H,3-4H2,1-2H3,(H,8,9)(H,10,11). The van der Waals surface area contributed by atoms with Crippen molar-refractivity contribution < 1.29 is 14.7 Å². The normalized spacial score (nSPS) is 9.73. The van der Waals surface area contributed by atoms with Crippen LogP contribution in [0, 0.1) is 5.92 Å². The zero-order valence-electron chi connectivity index (χ0n) is 6.76. The van der Waals surface area contributed by atoms with Crippen LogP contribution in [0.3, 0.4) is 0 Å². The zero-order valence-corrected chi connectivity index (χ0v) is 6.76. The molecule has 0 radical (unpaired) electrons. The van der Waals surface area contributed by atoms with Crippen molar-refractivity contribution in [3.8, 4) is 0 Å². The smallest absolute Gasteiger partial charge is 0.394 e. The molecule has 0 aliphatic carbocycles. The number of carbonyl (C=O) groups is 2. The van der Waals surface area contributed by atoms with Crippen LogP contribution in [0.1, 0.15) is 20.3 Å². The highest BCUT2D eigenvalue weighted by atomic mass is 16.4. The van der Waals surface area contributed by atoms with Crippen molar-refractivity contribution in [1.29, 1.82) is 0 Å². The topological polar surface area (TPSA) is 66.4 Å². The van der Waals surface area contributed by atoms with Crippen LogP contribution >= 0.6 is 0 Å². The van der Waals surface area contributed by atoms with Gasteiger partial charge in [-0.15, -0.1) is 0 Å². The molecule has 0 unspecified atom stereocenters. The molecule has 0 aliphatic heterocycles. The van der Waals surface area contributed by atoms with Gasteiger partial charge < -0.3 is 10.4 Å². The van der Waals surface area contributed by atoms with E-state index in [-0.39, 0.29) is 0 Å². The van der Waals surface area contributed by atoms with Gasteiger partial charge in [-0.05, 0) is 12.3 Å². The van der Waals surface area contributed by atoms with Gasteiger partial charge in [0, 0.05) is 6.54 Å². The molecule has 0 saturated carbocycles. The first kappa shape index (κ1) is 9.94. The van der Waals surface area contributed by atoms with Gasteiger partial charge in [-0.2, -0.15) is 0 Å². The van der Waals surface area contributed by atoms with Crippen LogP contribution in [-0.2, 0) is 9.59 Å². The van der Waals surface area contributed by atoms with Crippen LogP contribution in [0.4, 0.5) is 0 Å². The van der Waals surface area contributed by atoms with Gasteiger partial charge in [-0.3, -0.25) is 4.79 Å². The molecule has 0 fully saturated rings. The maximum atomic E-state index is 10.4. The van der Waals surface area contributed by atoms with Gasteiger partial charge in [0.2, 0.25) is 0 Å². The number of hydrogen-bond donors (Lipinski definition) is 2. The van der Waals surface area contributed by atoms with E-state index < -0.39 is 11.9 Å². The van der Waals surface area contributed by atoms with Crippen LogP contribution in [-0.4, -0.2) is 23.5 Å². The molecule has 4 heteroatoms.